The SMILES string of the molecule is CC[Si](CC)(CC)O[C@]12CCC[C@H]1CC/C2=C\CO[Si](C)(C)C(C)(C)C. The Labute approximate surface area is 165 Å². The zero-order valence-electron chi connectivity index (χ0n) is 18.8. The van der Waals surface area contributed by atoms with Crippen molar-refractivity contribution in [3.8, 4) is 0 Å². The van der Waals surface area contributed by atoms with Gasteiger partial charge in [0.2, 0.25) is 0 Å². The lowest BCUT2D eigenvalue weighted by atomic mass is 9.91. The summed E-state index contributed by atoms with van der Waals surface area (Å²) in [6.45, 7) is 19.5. The van der Waals surface area contributed by atoms with E-state index in [0.717, 1.165) is 12.5 Å². The predicted octanol–water partition coefficient (Wildman–Crippen LogP) is 7.29. The number of hydrogen-bond acceptors (Lipinski definition) is 2. The van der Waals surface area contributed by atoms with E-state index in [1.807, 2.05) is 0 Å². The summed E-state index contributed by atoms with van der Waals surface area (Å²) in [5, 5.41) is 0.278. The van der Waals surface area contributed by atoms with Crippen molar-refractivity contribution >= 4 is 16.6 Å². The molecule has 0 saturated heterocycles. The van der Waals surface area contributed by atoms with Gasteiger partial charge in [-0.2, -0.15) is 0 Å². The summed E-state index contributed by atoms with van der Waals surface area (Å²) in [6.07, 6.45) is 8.94. The van der Waals surface area contributed by atoms with Gasteiger partial charge in [0, 0.05) is 0 Å². The Morgan fingerprint density at radius 2 is 1.69 bits per heavy atom. The Morgan fingerprint density at radius 3 is 2.23 bits per heavy atom. The van der Waals surface area contributed by atoms with Crippen LogP contribution in [0, 0.1) is 5.92 Å². The minimum absolute atomic E-state index is 0.0744. The molecular formula is C22H44O2Si2. The molecule has 0 aromatic carbocycles. The van der Waals surface area contributed by atoms with Gasteiger partial charge in [-0.3, -0.25) is 0 Å². The third-order valence-electron chi connectivity index (χ3n) is 7.98. The molecule has 26 heavy (non-hydrogen) atoms. The summed E-state index contributed by atoms with van der Waals surface area (Å²) in [5.74, 6) is 0.762. The zero-order chi connectivity index (χ0) is 19.6. The van der Waals surface area contributed by atoms with Crippen LogP contribution < -0.4 is 0 Å². The fourth-order valence-corrected chi connectivity index (χ4v) is 8.82. The molecule has 2 rings (SSSR count). The van der Waals surface area contributed by atoms with E-state index in [9.17, 15) is 0 Å². The molecule has 0 aromatic rings. The highest BCUT2D eigenvalue weighted by Gasteiger charge is 2.53. The Balaban J connectivity index is 2.19. The molecule has 0 unspecified atom stereocenters. The van der Waals surface area contributed by atoms with Gasteiger partial charge in [0.1, 0.15) is 0 Å². The first-order valence-electron chi connectivity index (χ1n) is 11.1. The molecular weight excluding hydrogens is 352 g/mol. The first-order chi connectivity index (χ1) is 12.1. The van der Waals surface area contributed by atoms with E-state index < -0.39 is 16.6 Å². The quantitative estimate of drug-likeness (QED) is 0.317. The van der Waals surface area contributed by atoms with Crippen molar-refractivity contribution in [1.82, 2.24) is 0 Å². The summed E-state index contributed by atoms with van der Waals surface area (Å²) >= 11 is 0. The fraction of sp³-hybridized carbons (Fsp3) is 0.909. The zero-order valence-corrected chi connectivity index (χ0v) is 20.8. The maximum Gasteiger partial charge on any atom is 0.193 e. The van der Waals surface area contributed by atoms with Crippen LogP contribution in [0.15, 0.2) is 11.6 Å². The maximum absolute atomic E-state index is 7.25. The van der Waals surface area contributed by atoms with Gasteiger partial charge in [-0.1, -0.05) is 47.6 Å². The van der Waals surface area contributed by atoms with Crippen LogP contribution in [0.5, 0.6) is 0 Å². The van der Waals surface area contributed by atoms with Gasteiger partial charge in [-0.15, -0.1) is 0 Å². The fourth-order valence-electron chi connectivity index (χ4n) is 4.78. The van der Waals surface area contributed by atoms with Crippen LogP contribution in [0.4, 0.5) is 0 Å². The first kappa shape index (κ1) is 22.4. The van der Waals surface area contributed by atoms with E-state index in [2.05, 4.69) is 60.7 Å². The molecule has 0 heterocycles. The Hall–Kier alpha value is 0.0938. The predicted molar refractivity (Wildman–Crippen MR) is 119 cm³/mol. The monoisotopic (exact) mass is 396 g/mol. The highest BCUT2D eigenvalue weighted by atomic mass is 28.4. The van der Waals surface area contributed by atoms with Crippen LogP contribution >= 0.6 is 0 Å². The molecule has 2 nitrogen and oxygen atoms in total. The average molecular weight is 397 g/mol. The summed E-state index contributed by atoms with van der Waals surface area (Å²) in [6, 6.07) is 3.76. The van der Waals surface area contributed by atoms with E-state index >= 15 is 0 Å². The molecule has 0 spiro atoms. The van der Waals surface area contributed by atoms with Gasteiger partial charge in [0.15, 0.2) is 16.6 Å². The van der Waals surface area contributed by atoms with Gasteiger partial charge in [0.05, 0.1) is 12.2 Å². The molecule has 2 atom stereocenters. The van der Waals surface area contributed by atoms with E-state index in [1.54, 1.807) is 5.57 Å². The Kier molecular flexibility index (Phi) is 7.08. The van der Waals surface area contributed by atoms with Gasteiger partial charge in [0.25, 0.3) is 0 Å². The van der Waals surface area contributed by atoms with Crippen molar-refractivity contribution in [1.29, 1.82) is 0 Å². The highest BCUT2D eigenvalue weighted by molar-refractivity contribution is 6.74. The highest BCUT2D eigenvalue weighted by Crippen LogP contribution is 2.55. The van der Waals surface area contributed by atoms with Crippen LogP contribution in [0.3, 0.4) is 0 Å². The second-order valence-corrected chi connectivity index (χ2v) is 19.7. The van der Waals surface area contributed by atoms with Gasteiger partial charge >= 0.3 is 0 Å². The maximum atomic E-state index is 7.25. The standard InChI is InChI=1S/C22H44O2Si2/c1-9-26(10-2,11-3)24-22-17-12-13-19(22)14-15-20(22)16-18-23-25(7,8)21(4,5)6/h16,19H,9-15,17-18H2,1-8H3/b20-16+/t19-,22+/m0/s1. The second kappa shape index (κ2) is 8.22. The lowest BCUT2D eigenvalue weighted by molar-refractivity contribution is 0.0721. The van der Waals surface area contributed by atoms with Crippen LogP contribution in [-0.4, -0.2) is 28.8 Å². The summed E-state index contributed by atoms with van der Waals surface area (Å²) in [4.78, 5) is 0. The molecule has 0 N–H and O–H groups in total. The molecule has 2 saturated carbocycles. The van der Waals surface area contributed by atoms with Gasteiger partial charge in [-0.25, -0.2) is 0 Å². The lowest BCUT2D eigenvalue weighted by Gasteiger charge is -2.42. The summed E-state index contributed by atoms with van der Waals surface area (Å²) in [7, 11) is -3.28. The molecule has 0 aliphatic heterocycles. The Morgan fingerprint density at radius 1 is 1.08 bits per heavy atom. The minimum Gasteiger partial charge on any atom is -0.413 e. The molecule has 152 valence electrons. The van der Waals surface area contributed by atoms with Crippen LogP contribution in [0.25, 0.3) is 0 Å². The van der Waals surface area contributed by atoms with Gasteiger partial charge in [-0.05, 0) is 79.9 Å². The Bertz CT molecular complexity index is 494. The first-order valence-corrected chi connectivity index (χ1v) is 16.5. The van der Waals surface area contributed by atoms with E-state index in [-0.39, 0.29) is 10.6 Å². The second-order valence-electron chi connectivity index (χ2n) is 10.2. The number of hydrogen-bond donors (Lipinski definition) is 0. The molecule has 2 aliphatic rings. The van der Waals surface area contributed by atoms with Crippen LogP contribution in [-0.2, 0) is 8.85 Å². The van der Waals surface area contributed by atoms with Crippen LogP contribution in [0.1, 0.15) is 73.6 Å². The molecule has 2 fully saturated rings. The third kappa shape index (κ3) is 4.23. The summed E-state index contributed by atoms with van der Waals surface area (Å²) < 4.78 is 13.7. The van der Waals surface area contributed by atoms with Crippen molar-refractivity contribution in [3.05, 3.63) is 11.6 Å². The average Bonchev–Trinajstić information content (AvgIpc) is 3.11. The largest absolute Gasteiger partial charge is 0.413 e. The topological polar surface area (TPSA) is 18.5 Å². The van der Waals surface area contributed by atoms with Gasteiger partial charge < -0.3 is 8.85 Å². The van der Waals surface area contributed by atoms with Crippen molar-refractivity contribution in [3.63, 3.8) is 0 Å². The molecule has 0 aromatic heterocycles. The third-order valence-corrected chi connectivity index (χ3v) is 17.1. The lowest BCUT2D eigenvalue weighted by Crippen LogP contribution is -2.48. The molecule has 0 radical (unpaired) electrons. The smallest absolute Gasteiger partial charge is 0.193 e. The van der Waals surface area contributed by atoms with E-state index in [0.29, 0.717) is 0 Å². The molecule has 4 heteroatoms. The molecule has 0 amide bonds. The van der Waals surface area contributed by atoms with E-state index in [1.165, 1.54) is 50.2 Å². The van der Waals surface area contributed by atoms with Crippen molar-refractivity contribution in [2.45, 2.75) is 116 Å². The normalized spacial score (nSPS) is 28.8. The molecule has 0 bridgehead atoms. The van der Waals surface area contributed by atoms with E-state index in [4.69, 9.17) is 8.85 Å². The summed E-state index contributed by atoms with van der Waals surface area (Å²) in [5.41, 5.74) is 1.66. The van der Waals surface area contributed by atoms with Crippen molar-refractivity contribution < 1.29 is 8.85 Å². The van der Waals surface area contributed by atoms with Crippen LogP contribution in [0.2, 0.25) is 36.3 Å². The number of rotatable bonds is 8. The number of fused-ring (bicyclic) bond motifs is 1. The molecule has 2 aliphatic carbocycles. The van der Waals surface area contributed by atoms with Crippen molar-refractivity contribution in [2.75, 3.05) is 6.61 Å². The van der Waals surface area contributed by atoms with Crippen molar-refractivity contribution in [2.24, 2.45) is 5.92 Å². The minimum atomic E-state index is -1.68.